The first kappa shape index (κ1) is 14.9. The van der Waals surface area contributed by atoms with Crippen LogP contribution in [-0.2, 0) is 9.59 Å². The standard InChI is InChI=1S/C15H19ClN2O2/c1-3-4-12-15(20)18(8-7-14(19)17-12)13-9-10(2)5-6-11(13)16/h5-6,9,12H,3-4,7-8H2,1-2H3,(H,17,19). The number of halogens is 1. The zero-order valence-electron chi connectivity index (χ0n) is 11.8. The van der Waals surface area contributed by atoms with E-state index in [1.807, 2.05) is 26.0 Å². The Morgan fingerprint density at radius 2 is 2.15 bits per heavy atom. The number of anilines is 1. The van der Waals surface area contributed by atoms with Crippen molar-refractivity contribution in [2.45, 2.75) is 39.2 Å². The second kappa shape index (κ2) is 6.27. The van der Waals surface area contributed by atoms with Crippen molar-refractivity contribution < 1.29 is 9.59 Å². The molecule has 1 unspecified atom stereocenters. The highest BCUT2D eigenvalue weighted by Crippen LogP contribution is 2.28. The minimum atomic E-state index is -0.452. The monoisotopic (exact) mass is 294 g/mol. The first-order chi connectivity index (χ1) is 9.52. The third-order valence-corrected chi connectivity index (χ3v) is 3.75. The Morgan fingerprint density at radius 3 is 2.85 bits per heavy atom. The van der Waals surface area contributed by atoms with Gasteiger partial charge in [-0.2, -0.15) is 0 Å². The highest BCUT2D eigenvalue weighted by molar-refractivity contribution is 6.34. The summed E-state index contributed by atoms with van der Waals surface area (Å²) < 4.78 is 0. The van der Waals surface area contributed by atoms with Crippen molar-refractivity contribution in [2.24, 2.45) is 0 Å². The highest BCUT2D eigenvalue weighted by Gasteiger charge is 2.30. The fourth-order valence-electron chi connectivity index (χ4n) is 2.39. The number of nitrogens with zero attached hydrogens (tertiary/aromatic N) is 1. The minimum Gasteiger partial charge on any atom is -0.344 e. The van der Waals surface area contributed by atoms with Crippen molar-refractivity contribution in [1.29, 1.82) is 0 Å². The van der Waals surface area contributed by atoms with Gasteiger partial charge in [0, 0.05) is 13.0 Å². The van der Waals surface area contributed by atoms with Crippen LogP contribution in [0.1, 0.15) is 31.7 Å². The summed E-state index contributed by atoms with van der Waals surface area (Å²) in [7, 11) is 0. The van der Waals surface area contributed by atoms with Crippen LogP contribution < -0.4 is 10.2 Å². The van der Waals surface area contributed by atoms with E-state index >= 15 is 0 Å². The van der Waals surface area contributed by atoms with E-state index in [0.29, 0.717) is 30.1 Å². The van der Waals surface area contributed by atoms with E-state index in [2.05, 4.69) is 5.32 Å². The molecule has 1 aliphatic rings. The zero-order valence-corrected chi connectivity index (χ0v) is 12.5. The zero-order chi connectivity index (χ0) is 14.7. The van der Waals surface area contributed by atoms with Crippen LogP contribution in [0.3, 0.4) is 0 Å². The van der Waals surface area contributed by atoms with E-state index in [1.54, 1.807) is 11.0 Å². The molecule has 4 nitrogen and oxygen atoms in total. The molecule has 0 aromatic heterocycles. The van der Waals surface area contributed by atoms with Gasteiger partial charge in [0.15, 0.2) is 0 Å². The van der Waals surface area contributed by atoms with Gasteiger partial charge >= 0.3 is 0 Å². The number of aryl methyl sites for hydroxylation is 1. The van der Waals surface area contributed by atoms with Crippen molar-refractivity contribution in [2.75, 3.05) is 11.4 Å². The molecule has 1 aliphatic heterocycles. The van der Waals surface area contributed by atoms with Crippen molar-refractivity contribution in [3.63, 3.8) is 0 Å². The summed E-state index contributed by atoms with van der Waals surface area (Å²) in [4.78, 5) is 25.9. The fourth-order valence-corrected chi connectivity index (χ4v) is 2.61. The molecule has 1 heterocycles. The van der Waals surface area contributed by atoms with Crippen molar-refractivity contribution in [3.8, 4) is 0 Å². The second-order valence-electron chi connectivity index (χ2n) is 5.10. The maximum absolute atomic E-state index is 12.6. The largest absolute Gasteiger partial charge is 0.344 e. The summed E-state index contributed by atoms with van der Waals surface area (Å²) >= 11 is 6.21. The molecule has 1 aromatic carbocycles. The molecule has 20 heavy (non-hydrogen) atoms. The molecule has 0 bridgehead atoms. The lowest BCUT2D eigenvalue weighted by Gasteiger charge is -2.25. The van der Waals surface area contributed by atoms with Crippen LogP contribution in [0.15, 0.2) is 18.2 Å². The van der Waals surface area contributed by atoms with Crippen molar-refractivity contribution >= 4 is 29.1 Å². The third-order valence-electron chi connectivity index (χ3n) is 3.43. The lowest BCUT2D eigenvalue weighted by atomic mass is 10.1. The molecule has 1 N–H and O–H groups in total. The average Bonchev–Trinajstić information content (AvgIpc) is 2.54. The number of hydrogen-bond acceptors (Lipinski definition) is 2. The summed E-state index contributed by atoms with van der Waals surface area (Å²) in [5.74, 6) is -0.159. The highest BCUT2D eigenvalue weighted by atomic mass is 35.5. The van der Waals surface area contributed by atoms with Gasteiger partial charge in [-0.25, -0.2) is 0 Å². The number of carbonyl (C=O) groups excluding carboxylic acids is 2. The van der Waals surface area contributed by atoms with Crippen molar-refractivity contribution in [1.82, 2.24) is 5.32 Å². The molecule has 108 valence electrons. The van der Waals surface area contributed by atoms with E-state index in [0.717, 1.165) is 12.0 Å². The SMILES string of the molecule is CCCC1NC(=O)CCN(c2cc(C)ccc2Cl)C1=O. The van der Waals surface area contributed by atoms with Crippen LogP contribution in [0, 0.1) is 6.92 Å². The van der Waals surface area contributed by atoms with Gasteiger partial charge in [-0.15, -0.1) is 0 Å². The van der Waals surface area contributed by atoms with Gasteiger partial charge in [0.2, 0.25) is 11.8 Å². The topological polar surface area (TPSA) is 49.4 Å². The quantitative estimate of drug-likeness (QED) is 0.932. The number of carbonyl (C=O) groups is 2. The predicted molar refractivity (Wildman–Crippen MR) is 80.0 cm³/mol. The maximum atomic E-state index is 12.6. The van der Waals surface area contributed by atoms with E-state index in [9.17, 15) is 9.59 Å². The molecule has 1 fully saturated rings. The first-order valence-corrected chi connectivity index (χ1v) is 7.27. The lowest BCUT2D eigenvalue weighted by Crippen LogP contribution is -2.44. The Bertz CT molecular complexity index is 531. The summed E-state index contributed by atoms with van der Waals surface area (Å²) in [6.07, 6.45) is 1.78. The minimum absolute atomic E-state index is 0.0785. The van der Waals surface area contributed by atoms with E-state index in [-0.39, 0.29) is 11.8 Å². The van der Waals surface area contributed by atoms with Crippen LogP contribution in [0.25, 0.3) is 0 Å². The summed E-state index contributed by atoms with van der Waals surface area (Å²) in [6.45, 7) is 4.32. The Morgan fingerprint density at radius 1 is 1.40 bits per heavy atom. The van der Waals surface area contributed by atoms with E-state index in [4.69, 9.17) is 11.6 Å². The first-order valence-electron chi connectivity index (χ1n) is 6.89. The molecule has 2 amide bonds. The van der Waals surface area contributed by atoms with Gasteiger partial charge in [0.05, 0.1) is 10.7 Å². The van der Waals surface area contributed by atoms with Crippen LogP contribution in [0.5, 0.6) is 0 Å². The predicted octanol–water partition coefficient (Wildman–Crippen LogP) is 2.67. The lowest BCUT2D eigenvalue weighted by molar-refractivity contribution is -0.125. The van der Waals surface area contributed by atoms with E-state index < -0.39 is 6.04 Å². The molecule has 0 spiro atoms. The Balaban J connectivity index is 2.35. The molecule has 0 saturated carbocycles. The Labute approximate surface area is 124 Å². The molecule has 5 heteroatoms. The second-order valence-corrected chi connectivity index (χ2v) is 5.51. The summed E-state index contributed by atoms with van der Waals surface area (Å²) in [5.41, 5.74) is 1.72. The van der Waals surface area contributed by atoms with Gasteiger partial charge in [-0.3, -0.25) is 9.59 Å². The van der Waals surface area contributed by atoms with Crippen LogP contribution in [0.4, 0.5) is 5.69 Å². The summed E-state index contributed by atoms with van der Waals surface area (Å²) in [5, 5.41) is 3.33. The Kier molecular flexibility index (Phi) is 4.65. The van der Waals surface area contributed by atoms with Crippen LogP contribution in [0.2, 0.25) is 5.02 Å². The molecule has 1 aromatic rings. The van der Waals surface area contributed by atoms with Crippen molar-refractivity contribution in [3.05, 3.63) is 28.8 Å². The molecule has 0 radical (unpaired) electrons. The Hall–Kier alpha value is -1.55. The van der Waals surface area contributed by atoms with Crippen LogP contribution >= 0.6 is 11.6 Å². The molecule has 1 saturated heterocycles. The number of amides is 2. The number of hydrogen-bond donors (Lipinski definition) is 1. The van der Waals surface area contributed by atoms with Gasteiger partial charge in [-0.05, 0) is 31.0 Å². The number of rotatable bonds is 3. The molecular formula is C15H19ClN2O2. The van der Waals surface area contributed by atoms with Gasteiger partial charge in [0.25, 0.3) is 0 Å². The van der Waals surface area contributed by atoms with Crippen LogP contribution in [-0.4, -0.2) is 24.4 Å². The average molecular weight is 295 g/mol. The maximum Gasteiger partial charge on any atom is 0.249 e. The van der Waals surface area contributed by atoms with E-state index in [1.165, 1.54) is 0 Å². The molecule has 0 aliphatic carbocycles. The molecular weight excluding hydrogens is 276 g/mol. The van der Waals surface area contributed by atoms with Gasteiger partial charge in [0.1, 0.15) is 6.04 Å². The number of nitrogens with one attached hydrogen (secondary N) is 1. The summed E-state index contributed by atoms with van der Waals surface area (Å²) in [6, 6.07) is 5.13. The number of benzene rings is 1. The molecule has 1 atom stereocenters. The molecule has 2 rings (SSSR count). The smallest absolute Gasteiger partial charge is 0.249 e. The van der Waals surface area contributed by atoms with Gasteiger partial charge in [-0.1, -0.05) is 31.0 Å². The fraction of sp³-hybridized carbons (Fsp3) is 0.467. The third kappa shape index (κ3) is 3.12. The van der Waals surface area contributed by atoms with Gasteiger partial charge < -0.3 is 10.2 Å². The normalized spacial score (nSPS) is 19.8.